The lowest BCUT2D eigenvalue weighted by Gasteiger charge is -2.20. The van der Waals surface area contributed by atoms with E-state index in [1.165, 1.54) is 13.0 Å². The number of carbonyl (C=O) groups is 1. The maximum Gasteiger partial charge on any atom is 0.416 e. The van der Waals surface area contributed by atoms with Crippen LogP contribution in [-0.2, 0) is 6.18 Å². The second-order valence-electron chi connectivity index (χ2n) is 6.82. The van der Waals surface area contributed by atoms with Crippen LogP contribution < -0.4 is 16.0 Å². The van der Waals surface area contributed by atoms with E-state index in [9.17, 15) is 23.1 Å². The third kappa shape index (κ3) is 4.63. The molecule has 0 saturated carbocycles. The number of benzene rings is 2. The molecule has 29 heavy (non-hydrogen) atoms. The molecule has 0 radical (unpaired) electrons. The fourth-order valence-corrected chi connectivity index (χ4v) is 3.31. The Balaban J connectivity index is 1.93. The molecule has 0 bridgehead atoms. The number of rotatable bonds is 3. The fraction of sp³-hybridized carbons (Fsp3) is 0.286. The average Bonchev–Trinajstić information content (AvgIpc) is 2.82. The van der Waals surface area contributed by atoms with Crippen LogP contribution in [0.25, 0.3) is 0 Å². The minimum Gasteiger partial charge on any atom is -0.376 e. The summed E-state index contributed by atoms with van der Waals surface area (Å²) < 4.78 is 39.6. The number of anilines is 2. The van der Waals surface area contributed by atoms with Gasteiger partial charge in [0.05, 0.1) is 29.5 Å². The zero-order valence-corrected chi connectivity index (χ0v) is 15.6. The number of fused-ring (bicyclic) bond motifs is 1. The highest BCUT2D eigenvalue weighted by Gasteiger charge is 2.34. The fourth-order valence-electron chi connectivity index (χ4n) is 3.31. The standard InChI is InChI=1S/C21H20F3N3O2/c1-3-7-25-20(29)14-6-4-5-13(9-14)16-11-19(28)27-18-10-15(21(22,23)24)12(2)8-17(18)26-16/h1,4-6,8-10,16,19,26-28H,7,11H2,2H3,(H,25,29). The van der Waals surface area contributed by atoms with Gasteiger partial charge >= 0.3 is 6.18 Å². The van der Waals surface area contributed by atoms with Crippen LogP contribution >= 0.6 is 0 Å². The van der Waals surface area contributed by atoms with Gasteiger partial charge in [-0.25, -0.2) is 0 Å². The summed E-state index contributed by atoms with van der Waals surface area (Å²) in [5.41, 5.74) is 1.03. The van der Waals surface area contributed by atoms with Gasteiger partial charge in [-0.1, -0.05) is 18.1 Å². The minimum absolute atomic E-state index is 0.0723. The van der Waals surface area contributed by atoms with E-state index in [4.69, 9.17) is 6.42 Å². The van der Waals surface area contributed by atoms with E-state index in [1.54, 1.807) is 24.3 Å². The van der Waals surface area contributed by atoms with Gasteiger partial charge in [-0.05, 0) is 42.3 Å². The third-order valence-electron chi connectivity index (χ3n) is 4.68. The summed E-state index contributed by atoms with van der Waals surface area (Å²) in [5, 5.41) is 18.8. The van der Waals surface area contributed by atoms with Gasteiger partial charge in [-0.3, -0.25) is 4.79 Å². The Morgan fingerprint density at radius 2 is 2.00 bits per heavy atom. The van der Waals surface area contributed by atoms with Crippen LogP contribution in [0.2, 0.25) is 0 Å². The topological polar surface area (TPSA) is 73.4 Å². The third-order valence-corrected chi connectivity index (χ3v) is 4.68. The number of aliphatic hydroxyl groups is 1. The Labute approximate surface area is 166 Å². The molecule has 2 aromatic carbocycles. The summed E-state index contributed by atoms with van der Waals surface area (Å²) in [6.07, 6.45) is -0.227. The van der Waals surface area contributed by atoms with Crippen molar-refractivity contribution in [3.63, 3.8) is 0 Å². The van der Waals surface area contributed by atoms with E-state index in [2.05, 4.69) is 21.9 Å². The number of alkyl halides is 3. The molecule has 1 amide bonds. The number of terminal acetylenes is 1. The molecule has 4 N–H and O–H groups in total. The summed E-state index contributed by atoms with van der Waals surface area (Å²) in [4.78, 5) is 12.1. The van der Waals surface area contributed by atoms with E-state index >= 15 is 0 Å². The van der Waals surface area contributed by atoms with Crippen molar-refractivity contribution in [2.24, 2.45) is 0 Å². The van der Waals surface area contributed by atoms with Crippen molar-refractivity contribution in [2.45, 2.75) is 31.8 Å². The van der Waals surface area contributed by atoms with Crippen LogP contribution in [0.4, 0.5) is 24.5 Å². The first-order valence-corrected chi connectivity index (χ1v) is 8.93. The maximum atomic E-state index is 13.2. The van der Waals surface area contributed by atoms with Crippen LogP contribution in [0.15, 0.2) is 36.4 Å². The predicted octanol–water partition coefficient (Wildman–Crippen LogP) is 3.66. The maximum absolute atomic E-state index is 13.2. The summed E-state index contributed by atoms with van der Waals surface area (Å²) >= 11 is 0. The number of aryl methyl sites for hydroxylation is 1. The monoisotopic (exact) mass is 403 g/mol. The summed E-state index contributed by atoms with van der Waals surface area (Å²) in [5.74, 6) is 2.00. The van der Waals surface area contributed by atoms with Crippen molar-refractivity contribution < 1.29 is 23.1 Å². The predicted molar refractivity (Wildman–Crippen MR) is 104 cm³/mol. The number of carbonyl (C=O) groups excluding carboxylic acids is 1. The number of nitrogens with one attached hydrogen (secondary N) is 3. The molecule has 2 atom stereocenters. The van der Waals surface area contributed by atoms with E-state index in [0.717, 1.165) is 6.07 Å². The first-order chi connectivity index (χ1) is 13.7. The van der Waals surface area contributed by atoms with E-state index in [-0.39, 0.29) is 30.1 Å². The molecule has 8 heteroatoms. The Hall–Kier alpha value is -3.18. The van der Waals surface area contributed by atoms with Crippen LogP contribution in [0.3, 0.4) is 0 Å². The number of halogens is 3. The molecular formula is C21H20F3N3O2. The van der Waals surface area contributed by atoms with Crippen LogP contribution in [0.5, 0.6) is 0 Å². The first kappa shape index (κ1) is 20.6. The molecule has 3 rings (SSSR count). The first-order valence-electron chi connectivity index (χ1n) is 8.93. The summed E-state index contributed by atoms with van der Waals surface area (Å²) in [7, 11) is 0. The van der Waals surface area contributed by atoms with Gasteiger partial charge in [0.2, 0.25) is 0 Å². The lowest BCUT2D eigenvalue weighted by Crippen LogP contribution is -2.24. The molecule has 2 aromatic rings. The number of hydrogen-bond acceptors (Lipinski definition) is 4. The van der Waals surface area contributed by atoms with E-state index in [1.807, 2.05) is 0 Å². The van der Waals surface area contributed by atoms with Crippen LogP contribution in [0.1, 0.15) is 39.5 Å². The number of aliphatic hydroxyl groups excluding tert-OH is 1. The molecule has 0 spiro atoms. The second kappa shape index (κ2) is 8.05. The zero-order chi connectivity index (χ0) is 21.2. The van der Waals surface area contributed by atoms with Gasteiger partial charge in [0, 0.05) is 12.0 Å². The van der Waals surface area contributed by atoms with Gasteiger partial charge in [-0.15, -0.1) is 6.42 Å². The van der Waals surface area contributed by atoms with Gasteiger partial charge < -0.3 is 21.1 Å². The van der Waals surface area contributed by atoms with Crippen molar-refractivity contribution in [3.8, 4) is 12.3 Å². The summed E-state index contributed by atoms with van der Waals surface area (Å²) in [6.45, 7) is 1.49. The van der Waals surface area contributed by atoms with Gasteiger partial charge in [-0.2, -0.15) is 13.2 Å². The molecular weight excluding hydrogens is 383 g/mol. The van der Waals surface area contributed by atoms with E-state index in [0.29, 0.717) is 16.8 Å². The molecule has 1 heterocycles. The minimum atomic E-state index is -4.49. The normalized spacial score (nSPS) is 18.5. The molecule has 0 aliphatic carbocycles. The smallest absolute Gasteiger partial charge is 0.376 e. The quantitative estimate of drug-likeness (QED) is 0.590. The molecule has 0 aromatic heterocycles. The Morgan fingerprint density at radius 1 is 1.28 bits per heavy atom. The molecule has 5 nitrogen and oxygen atoms in total. The van der Waals surface area contributed by atoms with Crippen molar-refractivity contribution >= 4 is 17.3 Å². The Bertz CT molecular complexity index is 967. The second-order valence-corrected chi connectivity index (χ2v) is 6.82. The van der Waals surface area contributed by atoms with Crippen molar-refractivity contribution in [3.05, 3.63) is 58.7 Å². The summed E-state index contributed by atoms with van der Waals surface area (Å²) in [6, 6.07) is 8.75. The van der Waals surface area contributed by atoms with Crippen molar-refractivity contribution in [1.29, 1.82) is 0 Å². The number of amides is 1. The van der Waals surface area contributed by atoms with E-state index < -0.39 is 24.0 Å². The largest absolute Gasteiger partial charge is 0.416 e. The molecule has 1 aliphatic heterocycles. The highest BCUT2D eigenvalue weighted by atomic mass is 19.4. The van der Waals surface area contributed by atoms with Gasteiger partial charge in [0.1, 0.15) is 6.23 Å². The van der Waals surface area contributed by atoms with Crippen LogP contribution in [-0.4, -0.2) is 23.8 Å². The lowest BCUT2D eigenvalue weighted by molar-refractivity contribution is -0.138. The Morgan fingerprint density at radius 3 is 2.69 bits per heavy atom. The molecule has 0 fully saturated rings. The van der Waals surface area contributed by atoms with Gasteiger partial charge in [0.15, 0.2) is 0 Å². The molecule has 152 valence electrons. The molecule has 0 saturated heterocycles. The Kier molecular flexibility index (Phi) is 5.71. The SMILES string of the molecule is C#CCNC(=O)c1cccc(C2CC(O)Nc3cc(C(F)(F)F)c(C)cc3N2)c1. The number of hydrogen-bond donors (Lipinski definition) is 4. The van der Waals surface area contributed by atoms with Crippen molar-refractivity contribution in [2.75, 3.05) is 17.2 Å². The van der Waals surface area contributed by atoms with Gasteiger partial charge in [0.25, 0.3) is 5.91 Å². The lowest BCUT2D eigenvalue weighted by atomic mass is 10.00. The van der Waals surface area contributed by atoms with Crippen molar-refractivity contribution in [1.82, 2.24) is 5.32 Å². The zero-order valence-electron chi connectivity index (χ0n) is 15.6. The highest BCUT2D eigenvalue weighted by molar-refractivity contribution is 5.94. The average molecular weight is 403 g/mol. The molecule has 1 aliphatic rings. The van der Waals surface area contributed by atoms with Crippen LogP contribution in [0, 0.1) is 19.3 Å². The molecule has 2 unspecified atom stereocenters. The highest BCUT2D eigenvalue weighted by Crippen LogP contribution is 2.40.